The van der Waals surface area contributed by atoms with Gasteiger partial charge in [-0.3, -0.25) is 0 Å². The SMILES string of the molecule is O=S(=O)(Cc1ccc(Cl)c(Cl)c1)NCCCN1CCCC1. The molecule has 1 aliphatic rings. The van der Waals surface area contributed by atoms with Crippen LogP contribution in [0.3, 0.4) is 0 Å². The van der Waals surface area contributed by atoms with Crippen LogP contribution in [0.5, 0.6) is 0 Å². The Kier molecular flexibility index (Phi) is 6.32. The highest BCUT2D eigenvalue weighted by atomic mass is 35.5. The number of likely N-dealkylation sites (tertiary alicyclic amines) is 1. The van der Waals surface area contributed by atoms with Gasteiger partial charge in [-0.25, -0.2) is 13.1 Å². The van der Waals surface area contributed by atoms with E-state index in [1.165, 1.54) is 12.8 Å². The maximum atomic E-state index is 12.0. The Labute approximate surface area is 136 Å². The van der Waals surface area contributed by atoms with E-state index in [1.54, 1.807) is 18.2 Å². The normalized spacial score (nSPS) is 16.5. The van der Waals surface area contributed by atoms with Crippen molar-refractivity contribution in [2.75, 3.05) is 26.2 Å². The molecule has 1 aliphatic heterocycles. The summed E-state index contributed by atoms with van der Waals surface area (Å²) in [6.45, 7) is 3.70. The van der Waals surface area contributed by atoms with Crippen LogP contribution >= 0.6 is 23.2 Å². The van der Waals surface area contributed by atoms with Crippen LogP contribution in [-0.4, -0.2) is 39.5 Å². The number of rotatable bonds is 7. The number of sulfonamides is 1. The molecule has 0 atom stereocenters. The first-order valence-corrected chi connectivity index (χ1v) is 9.51. The van der Waals surface area contributed by atoms with Crippen molar-refractivity contribution in [2.45, 2.75) is 25.0 Å². The molecule has 1 fully saturated rings. The number of benzene rings is 1. The monoisotopic (exact) mass is 350 g/mol. The molecular formula is C14H20Cl2N2O2S. The Bertz CT molecular complexity index is 572. The van der Waals surface area contributed by atoms with Crippen LogP contribution in [0, 0.1) is 0 Å². The molecular weight excluding hydrogens is 331 g/mol. The van der Waals surface area contributed by atoms with Crippen molar-refractivity contribution in [2.24, 2.45) is 0 Å². The molecule has 2 rings (SSSR count). The summed E-state index contributed by atoms with van der Waals surface area (Å²) in [6, 6.07) is 4.88. The van der Waals surface area contributed by atoms with E-state index < -0.39 is 10.0 Å². The van der Waals surface area contributed by atoms with E-state index in [2.05, 4.69) is 9.62 Å². The third kappa shape index (κ3) is 5.75. The number of hydrogen-bond acceptors (Lipinski definition) is 3. The average molecular weight is 351 g/mol. The first kappa shape index (κ1) is 17.0. The van der Waals surface area contributed by atoms with Crippen LogP contribution in [-0.2, 0) is 15.8 Å². The highest BCUT2D eigenvalue weighted by Gasteiger charge is 2.14. The van der Waals surface area contributed by atoms with Gasteiger partial charge in [0.05, 0.1) is 15.8 Å². The number of nitrogens with zero attached hydrogens (tertiary/aromatic N) is 1. The van der Waals surface area contributed by atoms with E-state index in [-0.39, 0.29) is 5.75 Å². The molecule has 118 valence electrons. The van der Waals surface area contributed by atoms with Crippen molar-refractivity contribution >= 4 is 33.2 Å². The van der Waals surface area contributed by atoms with Crippen molar-refractivity contribution in [1.82, 2.24) is 9.62 Å². The maximum Gasteiger partial charge on any atom is 0.215 e. The minimum absolute atomic E-state index is 0.0758. The summed E-state index contributed by atoms with van der Waals surface area (Å²) in [5.41, 5.74) is 0.636. The second-order valence-electron chi connectivity index (χ2n) is 5.30. The summed E-state index contributed by atoms with van der Waals surface area (Å²) < 4.78 is 26.6. The highest BCUT2D eigenvalue weighted by Crippen LogP contribution is 2.23. The van der Waals surface area contributed by atoms with Gasteiger partial charge in [0.2, 0.25) is 10.0 Å². The lowest BCUT2D eigenvalue weighted by atomic mass is 10.2. The van der Waals surface area contributed by atoms with Gasteiger partial charge >= 0.3 is 0 Å². The average Bonchev–Trinajstić information content (AvgIpc) is 2.92. The molecule has 0 spiro atoms. The Balaban J connectivity index is 1.77. The molecule has 21 heavy (non-hydrogen) atoms. The molecule has 0 bridgehead atoms. The van der Waals surface area contributed by atoms with E-state index in [0.717, 1.165) is 26.1 Å². The predicted molar refractivity (Wildman–Crippen MR) is 87.4 cm³/mol. The molecule has 1 aromatic carbocycles. The van der Waals surface area contributed by atoms with Gasteiger partial charge in [-0.1, -0.05) is 29.3 Å². The Morgan fingerprint density at radius 3 is 2.52 bits per heavy atom. The third-order valence-electron chi connectivity index (χ3n) is 3.51. The van der Waals surface area contributed by atoms with Gasteiger partial charge in [0, 0.05) is 6.54 Å². The van der Waals surface area contributed by atoms with Crippen LogP contribution in [0.25, 0.3) is 0 Å². The third-order valence-corrected chi connectivity index (χ3v) is 5.61. The van der Waals surface area contributed by atoms with Gasteiger partial charge in [0.15, 0.2) is 0 Å². The minimum atomic E-state index is -3.33. The number of nitrogens with one attached hydrogen (secondary N) is 1. The Hall–Kier alpha value is -0.330. The summed E-state index contributed by atoms with van der Waals surface area (Å²) in [5, 5.41) is 0.801. The van der Waals surface area contributed by atoms with Gasteiger partial charge < -0.3 is 4.90 Å². The van der Waals surface area contributed by atoms with E-state index >= 15 is 0 Å². The zero-order valence-corrected chi connectivity index (χ0v) is 14.1. The fourth-order valence-electron chi connectivity index (χ4n) is 2.44. The van der Waals surface area contributed by atoms with Crippen LogP contribution in [0.4, 0.5) is 0 Å². The number of halogens is 2. The summed E-state index contributed by atoms with van der Waals surface area (Å²) in [4.78, 5) is 2.37. The molecule has 0 aromatic heterocycles. The molecule has 1 aromatic rings. The quantitative estimate of drug-likeness (QED) is 0.769. The molecule has 1 saturated heterocycles. The largest absolute Gasteiger partial charge is 0.303 e. The lowest BCUT2D eigenvalue weighted by molar-refractivity contribution is 0.334. The molecule has 0 amide bonds. The molecule has 7 heteroatoms. The predicted octanol–water partition coefficient (Wildman–Crippen LogP) is 2.90. The van der Waals surface area contributed by atoms with Crippen LogP contribution < -0.4 is 4.72 Å². The molecule has 0 radical (unpaired) electrons. The lowest BCUT2D eigenvalue weighted by Gasteiger charge is -2.14. The smallest absolute Gasteiger partial charge is 0.215 e. The standard InChI is InChI=1S/C14H20Cl2N2O2S/c15-13-5-4-12(10-14(13)16)11-21(19,20)17-6-3-9-18-7-1-2-8-18/h4-5,10,17H,1-3,6-9,11H2. The van der Waals surface area contributed by atoms with Gasteiger partial charge in [-0.2, -0.15) is 0 Å². The molecule has 0 aliphatic carbocycles. The molecule has 1 heterocycles. The second kappa shape index (κ2) is 7.79. The van der Waals surface area contributed by atoms with E-state index in [0.29, 0.717) is 22.2 Å². The minimum Gasteiger partial charge on any atom is -0.303 e. The topological polar surface area (TPSA) is 49.4 Å². The van der Waals surface area contributed by atoms with Gasteiger partial charge in [-0.05, 0) is 56.6 Å². The Morgan fingerprint density at radius 2 is 1.86 bits per heavy atom. The highest BCUT2D eigenvalue weighted by molar-refractivity contribution is 7.88. The summed E-state index contributed by atoms with van der Waals surface area (Å²) in [6.07, 6.45) is 3.34. The summed E-state index contributed by atoms with van der Waals surface area (Å²) >= 11 is 11.7. The fraction of sp³-hybridized carbons (Fsp3) is 0.571. The molecule has 0 unspecified atom stereocenters. The van der Waals surface area contributed by atoms with Crippen molar-refractivity contribution < 1.29 is 8.42 Å². The first-order chi connectivity index (χ1) is 9.96. The fourth-order valence-corrected chi connectivity index (χ4v) is 3.93. The zero-order chi connectivity index (χ0) is 15.3. The van der Waals surface area contributed by atoms with Crippen LogP contribution in [0.1, 0.15) is 24.8 Å². The molecule has 0 saturated carbocycles. The maximum absolute atomic E-state index is 12.0. The van der Waals surface area contributed by atoms with Crippen molar-refractivity contribution in [1.29, 1.82) is 0 Å². The second-order valence-corrected chi connectivity index (χ2v) is 7.93. The first-order valence-electron chi connectivity index (χ1n) is 7.10. The van der Waals surface area contributed by atoms with E-state index in [9.17, 15) is 8.42 Å². The van der Waals surface area contributed by atoms with Crippen molar-refractivity contribution in [3.63, 3.8) is 0 Å². The van der Waals surface area contributed by atoms with Crippen LogP contribution in [0.15, 0.2) is 18.2 Å². The Morgan fingerprint density at radius 1 is 1.14 bits per heavy atom. The van der Waals surface area contributed by atoms with Gasteiger partial charge in [-0.15, -0.1) is 0 Å². The van der Waals surface area contributed by atoms with E-state index in [4.69, 9.17) is 23.2 Å². The van der Waals surface area contributed by atoms with Gasteiger partial charge in [0.25, 0.3) is 0 Å². The summed E-state index contributed by atoms with van der Waals surface area (Å²) in [7, 11) is -3.33. The molecule has 1 N–H and O–H groups in total. The summed E-state index contributed by atoms with van der Waals surface area (Å²) in [5.74, 6) is -0.0758. The zero-order valence-electron chi connectivity index (χ0n) is 11.8. The molecule has 4 nitrogen and oxygen atoms in total. The van der Waals surface area contributed by atoms with Crippen molar-refractivity contribution in [3.8, 4) is 0 Å². The van der Waals surface area contributed by atoms with Crippen molar-refractivity contribution in [3.05, 3.63) is 33.8 Å². The lowest BCUT2D eigenvalue weighted by Crippen LogP contribution is -2.29. The van der Waals surface area contributed by atoms with Crippen LogP contribution in [0.2, 0.25) is 10.0 Å². The van der Waals surface area contributed by atoms with E-state index in [1.807, 2.05) is 0 Å². The number of hydrogen-bond donors (Lipinski definition) is 1. The van der Waals surface area contributed by atoms with Gasteiger partial charge in [0.1, 0.15) is 0 Å².